The number of halogens is 3. The third-order valence-corrected chi connectivity index (χ3v) is 5.42. The van der Waals surface area contributed by atoms with Gasteiger partial charge in [-0.05, 0) is 54.1 Å². The third kappa shape index (κ3) is 4.01. The van der Waals surface area contributed by atoms with E-state index in [4.69, 9.17) is 23.2 Å². The second-order valence-corrected chi connectivity index (χ2v) is 7.94. The topological polar surface area (TPSA) is 54.5 Å². The molecule has 0 radical (unpaired) electrons. The standard InChI is InChI=1S/C14H10BrCl2NO3S/c15-10-2-1-3-12(8-10)18(9-14(17)19)22(20,21)13-6-4-11(16)5-7-13/h1-8H,9H2. The van der Waals surface area contributed by atoms with Crippen LogP contribution >= 0.6 is 39.1 Å². The summed E-state index contributed by atoms with van der Waals surface area (Å²) in [5.74, 6) is 0. The largest absolute Gasteiger partial charge is 0.279 e. The van der Waals surface area contributed by atoms with Gasteiger partial charge in [0.15, 0.2) is 0 Å². The highest BCUT2D eigenvalue weighted by molar-refractivity contribution is 9.10. The van der Waals surface area contributed by atoms with Gasteiger partial charge in [0.05, 0.1) is 10.6 Å². The Kier molecular flexibility index (Phi) is 5.50. The fraction of sp³-hybridized carbons (Fsp3) is 0.0714. The second-order valence-electron chi connectivity index (χ2n) is 4.30. The number of hydrogen-bond acceptors (Lipinski definition) is 3. The van der Waals surface area contributed by atoms with E-state index in [0.717, 1.165) is 4.31 Å². The van der Waals surface area contributed by atoms with E-state index >= 15 is 0 Å². The summed E-state index contributed by atoms with van der Waals surface area (Å²) in [7, 11) is -3.93. The van der Waals surface area contributed by atoms with Crippen molar-refractivity contribution in [1.82, 2.24) is 0 Å². The normalized spacial score (nSPS) is 11.2. The van der Waals surface area contributed by atoms with Crippen LogP contribution in [0.4, 0.5) is 5.69 Å². The first-order valence-corrected chi connectivity index (χ1v) is 9.02. The zero-order chi connectivity index (χ0) is 16.3. The number of benzene rings is 2. The molecular formula is C14H10BrCl2NO3S. The van der Waals surface area contributed by atoms with Gasteiger partial charge in [-0.25, -0.2) is 8.42 Å². The zero-order valence-corrected chi connectivity index (χ0v) is 15.0. The van der Waals surface area contributed by atoms with Crippen molar-refractivity contribution in [1.29, 1.82) is 0 Å². The van der Waals surface area contributed by atoms with Gasteiger partial charge in [0.1, 0.15) is 6.54 Å². The molecule has 0 aliphatic heterocycles. The van der Waals surface area contributed by atoms with E-state index in [1.807, 2.05) is 0 Å². The summed E-state index contributed by atoms with van der Waals surface area (Å²) in [5.41, 5.74) is 0.332. The van der Waals surface area contributed by atoms with Crippen LogP contribution in [0.25, 0.3) is 0 Å². The molecule has 2 aromatic rings. The summed E-state index contributed by atoms with van der Waals surface area (Å²) in [6.45, 7) is -0.469. The smallest absolute Gasteiger partial charge is 0.264 e. The van der Waals surface area contributed by atoms with Crippen LogP contribution in [0.5, 0.6) is 0 Å². The molecule has 0 saturated heterocycles. The molecule has 22 heavy (non-hydrogen) atoms. The molecule has 0 fully saturated rings. The molecule has 0 aliphatic carbocycles. The van der Waals surface area contributed by atoms with Crippen molar-refractivity contribution in [2.45, 2.75) is 4.90 Å². The Bertz CT molecular complexity index is 794. The van der Waals surface area contributed by atoms with Gasteiger partial charge in [0, 0.05) is 9.50 Å². The summed E-state index contributed by atoms with van der Waals surface area (Å²) < 4.78 is 27.1. The average Bonchev–Trinajstić information content (AvgIpc) is 2.45. The molecule has 2 aromatic carbocycles. The molecule has 0 unspecified atom stereocenters. The molecule has 0 amide bonds. The molecule has 0 N–H and O–H groups in total. The number of nitrogens with zero attached hydrogens (tertiary/aromatic N) is 1. The summed E-state index contributed by atoms with van der Waals surface area (Å²) in [6, 6.07) is 12.3. The number of hydrogen-bond donors (Lipinski definition) is 0. The van der Waals surface area contributed by atoms with Gasteiger partial charge in [-0.3, -0.25) is 9.10 Å². The van der Waals surface area contributed by atoms with Crippen LogP contribution in [-0.4, -0.2) is 20.2 Å². The first kappa shape index (κ1) is 17.3. The van der Waals surface area contributed by atoms with Gasteiger partial charge in [-0.15, -0.1) is 0 Å². The fourth-order valence-electron chi connectivity index (χ4n) is 1.79. The first-order valence-electron chi connectivity index (χ1n) is 6.03. The molecule has 0 heterocycles. The van der Waals surface area contributed by atoms with Crippen LogP contribution < -0.4 is 4.31 Å². The maximum atomic E-state index is 12.7. The van der Waals surface area contributed by atoms with E-state index in [9.17, 15) is 13.2 Å². The number of carbonyl (C=O) groups excluding carboxylic acids is 1. The average molecular weight is 423 g/mol. The van der Waals surface area contributed by atoms with Crippen LogP contribution in [0.3, 0.4) is 0 Å². The summed E-state index contributed by atoms with van der Waals surface area (Å²) in [6.07, 6.45) is 0. The lowest BCUT2D eigenvalue weighted by Gasteiger charge is -2.23. The van der Waals surface area contributed by atoms with Crippen molar-refractivity contribution in [2.75, 3.05) is 10.8 Å². The van der Waals surface area contributed by atoms with E-state index in [-0.39, 0.29) is 4.90 Å². The molecule has 0 saturated carbocycles. The summed E-state index contributed by atoms with van der Waals surface area (Å²) in [4.78, 5) is 11.3. The predicted octanol–water partition coefficient (Wildman–Crippen LogP) is 4.06. The summed E-state index contributed by atoms with van der Waals surface area (Å²) >= 11 is 14.4. The van der Waals surface area contributed by atoms with Crippen LogP contribution in [0, 0.1) is 0 Å². The number of sulfonamides is 1. The molecule has 0 atom stereocenters. The minimum Gasteiger partial charge on any atom is -0.279 e. The lowest BCUT2D eigenvalue weighted by atomic mass is 10.3. The molecule has 4 nitrogen and oxygen atoms in total. The Hall–Kier alpha value is -1.08. The minimum absolute atomic E-state index is 0.0230. The van der Waals surface area contributed by atoms with Gasteiger partial charge >= 0.3 is 0 Å². The zero-order valence-electron chi connectivity index (χ0n) is 11.0. The van der Waals surface area contributed by atoms with Gasteiger partial charge in [-0.2, -0.15) is 0 Å². The SMILES string of the molecule is O=C(Cl)CN(c1cccc(Br)c1)S(=O)(=O)c1ccc(Cl)cc1. The van der Waals surface area contributed by atoms with E-state index in [2.05, 4.69) is 15.9 Å². The van der Waals surface area contributed by atoms with Crippen molar-refractivity contribution in [3.8, 4) is 0 Å². The Morgan fingerprint density at radius 1 is 1.14 bits per heavy atom. The van der Waals surface area contributed by atoms with E-state index < -0.39 is 21.8 Å². The lowest BCUT2D eigenvalue weighted by Crippen LogP contribution is -2.34. The van der Waals surface area contributed by atoms with Gasteiger partial charge in [0.25, 0.3) is 10.0 Å². The van der Waals surface area contributed by atoms with Gasteiger partial charge in [-0.1, -0.05) is 33.6 Å². The molecule has 2 rings (SSSR count). The maximum absolute atomic E-state index is 12.7. The monoisotopic (exact) mass is 421 g/mol. The second kappa shape index (κ2) is 7.00. The predicted molar refractivity (Wildman–Crippen MR) is 91.0 cm³/mol. The van der Waals surface area contributed by atoms with Crippen molar-refractivity contribution < 1.29 is 13.2 Å². The highest BCUT2D eigenvalue weighted by atomic mass is 79.9. The fourth-order valence-corrected chi connectivity index (χ4v) is 3.91. The van der Waals surface area contributed by atoms with Gasteiger partial charge < -0.3 is 0 Å². The van der Waals surface area contributed by atoms with Crippen molar-refractivity contribution >= 4 is 60.1 Å². The molecular weight excluding hydrogens is 413 g/mol. The maximum Gasteiger partial charge on any atom is 0.264 e. The Morgan fingerprint density at radius 2 is 1.77 bits per heavy atom. The van der Waals surface area contributed by atoms with Crippen LogP contribution in [0.2, 0.25) is 5.02 Å². The molecule has 0 aliphatic rings. The van der Waals surface area contributed by atoms with Crippen molar-refractivity contribution in [3.05, 3.63) is 58.0 Å². The van der Waals surface area contributed by atoms with Gasteiger partial charge in [0.2, 0.25) is 5.24 Å². The highest BCUT2D eigenvalue weighted by Gasteiger charge is 2.26. The quantitative estimate of drug-likeness (QED) is 0.682. The molecule has 0 bridgehead atoms. The molecule has 0 aromatic heterocycles. The van der Waals surface area contributed by atoms with Crippen LogP contribution in [0.15, 0.2) is 57.9 Å². The molecule has 8 heteroatoms. The Balaban J connectivity index is 2.53. The Morgan fingerprint density at radius 3 is 2.32 bits per heavy atom. The number of carbonyl (C=O) groups is 1. The van der Waals surface area contributed by atoms with Crippen LogP contribution in [0.1, 0.15) is 0 Å². The number of anilines is 1. The molecule has 0 spiro atoms. The minimum atomic E-state index is -3.93. The van der Waals surface area contributed by atoms with Crippen molar-refractivity contribution in [2.24, 2.45) is 0 Å². The first-order chi connectivity index (χ1) is 10.3. The van der Waals surface area contributed by atoms with E-state index in [0.29, 0.717) is 15.2 Å². The molecule has 116 valence electrons. The third-order valence-electron chi connectivity index (χ3n) is 2.77. The number of rotatable bonds is 5. The highest BCUT2D eigenvalue weighted by Crippen LogP contribution is 2.27. The van der Waals surface area contributed by atoms with Crippen LogP contribution in [-0.2, 0) is 14.8 Å². The van der Waals surface area contributed by atoms with Crippen molar-refractivity contribution in [3.63, 3.8) is 0 Å². The lowest BCUT2D eigenvalue weighted by molar-refractivity contribution is -0.110. The Labute approximate surface area is 146 Å². The summed E-state index contributed by atoms with van der Waals surface area (Å²) in [5, 5.41) is -0.362. The van der Waals surface area contributed by atoms with E-state index in [1.54, 1.807) is 24.3 Å². The van der Waals surface area contributed by atoms with E-state index in [1.165, 1.54) is 24.3 Å².